The number of rotatable bonds is 79. The maximum atomic E-state index is 13.4. The van der Waals surface area contributed by atoms with E-state index in [1.165, 1.54) is 327 Å². The lowest BCUT2D eigenvalue weighted by atomic mass is 9.97. The standard InChI is InChI=1S/C94H173NO13/c1-3-5-7-9-11-13-15-17-19-21-23-25-27-29-31-33-35-37-38-39-40-41-42-43-44-46-48-50-52-54-56-58-60-62-64-66-68-70-72-74-76-78-86(99)95-82(81-105-93-91(104)89(102)92(85(80-97)107-93)108-94-90(103)88(101)87(100)84(79-96)106-94)83(98)77-75-73-71-69-67-65-63-61-59-57-55-53-51-49-47-45-36-34-32-30-28-26-24-22-20-18-16-14-12-10-8-6-4-2/h5,7,11,13,17,19,23,25,29,31,75,77,82-85,87-94,96-98,100-104H,3-4,6,8-10,12,14-16,18,20-22,24,26-28,30,32-74,76,78-81H2,1-2H3,(H,95,99)/b7-5-,13-11-,19-17-,25-23-,31-29-,77-75+. The molecule has 2 aliphatic heterocycles. The Hall–Kier alpha value is -2.57. The van der Waals surface area contributed by atoms with Crippen molar-refractivity contribution >= 4 is 5.91 Å². The van der Waals surface area contributed by atoms with E-state index in [2.05, 4.69) is 79.9 Å². The van der Waals surface area contributed by atoms with Crippen LogP contribution < -0.4 is 5.32 Å². The van der Waals surface area contributed by atoms with Gasteiger partial charge in [0.15, 0.2) is 12.6 Å². The Morgan fingerprint density at radius 3 is 0.981 bits per heavy atom. The van der Waals surface area contributed by atoms with Crippen molar-refractivity contribution < 1.29 is 64.6 Å². The summed E-state index contributed by atoms with van der Waals surface area (Å²) in [5, 5.41) is 87.9. The molecule has 2 fully saturated rings. The second-order valence-electron chi connectivity index (χ2n) is 32.4. The van der Waals surface area contributed by atoms with Crippen LogP contribution in [0, 0.1) is 0 Å². The summed E-state index contributed by atoms with van der Waals surface area (Å²) in [5.74, 6) is -0.231. The van der Waals surface area contributed by atoms with Crippen molar-refractivity contribution in [1.82, 2.24) is 5.32 Å². The first-order chi connectivity index (χ1) is 53.1. The molecule has 2 aliphatic rings. The number of aliphatic hydroxyl groups is 8. The van der Waals surface area contributed by atoms with E-state index >= 15 is 0 Å². The van der Waals surface area contributed by atoms with Gasteiger partial charge in [0.1, 0.15) is 48.8 Å². The molecule has 9 N–H and O–H groups in total. The Morgan fingerprint density at radius 1 is 0.343 bits per heavy atom. The fraction of sp³-hybridized carbons (Fsp3) is 0.862. The van der Waals surface area contributed by atoms with E-state index in [1.807, 2.05) is 6.08 Å². The number of aliphatic hydroxyl groups excluding tert-OH is 8. The van der Waals surface area contributed by atoms with E-state index in [1.54, 1.807) is 6.08 Å². The van der Waals surface area contributed by atoms with E-state index in [4.69, 9.17) is 18.9 Å². The van der Waals surface area contributed by atoms with Crippen molar-refractivity contribution in [3.05, 3.63) is 72.9 Å². The largest absolute Gasteiger partial charge is 0.394 e. The highest BCUT2D eigenvalue weighted by atomic mass is 16.7. The number of allylic oxidation sites excluding steroid dienone is 11. The molecule has 0 spiro atoms. The van der Waals surface area contributed by atoms with Crippen molar-refractivity contribution in [3.63, 3.8) is 0 Å². The summed E-state index contributed by atoms with van der Waals surface area (Å²) in [6.45, 7) is 2.76. The molecule has 0 aromatic carbocycles. The molecule has 2 rings (SSSR count). The molecule has 14 nitrogen and oxygen atoms in total. The van der Waals surface area contributed by atoms with Crippen molar-refractivity contribution in [2.24, 2.45) is 0 Å². The van der Waals surface area contributed by atoms with Crippen molar-refractivity contribution in [2.75, 3.05) is 19.8 Å². The number of hydrogen-bond acceptors (Lipinski definition) is 13. The molecule has 0 bridgehead atoms. The summed E-state index contributed by atoms with van der Waals surface area (Å²) in [5.41, 5.74) is 0. The number of carbonyl (C=O) groups is 1. The Bertz CT molecular complexity index is 2100. The SMILES string of the molecule is CC/C=C\C/C=C\C/C=C\C/C=C\C/C=C\CCCCCCCCCCCCCCCCCCCCCCCCCCCC(=O)NC(COC1OC(CO)C(OC2OC(CO)C(O)C(O)C2O)C(O)C1O)C(O)/C=C/CCCCCCCCCCCCCCCCCCCCCCCCCCCCCCCCC. The highest BCUT2D eigenvalue weighted by Gasteiger charge is 2.51. The quantitative estimate of drug-likeness (QED) is 0.0204. The molecule has 0 saturated carbocycles. The number of hydrogen-bond donors (Lipinski definition) is 9. The van der Waals surface area contributed by atoms with Gasteiger partial charge in [-0.05, 0) is 64.2 Å². The molecule has 1 amide bonds. The highest BCUT2D eigenvalue weighted by Crippen LogP contribution is 2.31. The van der Waals surface area contributed by atoms with Crippen LogP contribution in [0.15, 0.2) is 72.9 Å². The maximum absolute atomic E-state index is 13.4. The summed E-state index contributed by atoms with van der Waals surface area (Å²) >= 11 is 0. The van der Waals surface area contributed by atoms with Gasteiger partial charge in [0.05, 0.1) is 32.0 Å². The molecular formula is C94H173NO13. The normalized spacial score (nSPS) is 21.4. The van der Waals surface area contributed by atoms with Gasteiger partial charge in [0.2, 0.25) is 5.91 Å². The van der Waals surface area contributed by atoms with Crippen LogP contribution in [0.25, 0.3) is 0 Å². The lowest BCUT2D eigenvalue weighted by molar-refractivity contribution is -0.359. The summed E-state index contributed by atoms with van der Waals surface area (Å²) in [7, 11) is 0. The van der Waals surface area contributed by atoms with Crippen LogP contribution in [-0.2, 0) is 23.7 Å². The van der Waals surface area contributed by atoms with Crippen molar-refractivity contribution in [2.45, 2.75) is 498 Å². The van der Waals surface area contributed by atoms with Gasteiger partial charge in [-0.15, -0.1) is 0 Å². The van der Waals surface area contributed by atoms with Crippen molar-refractivity contribution in [1.29, 1.82) is 0 Å². The minimum atomic E-state index is -1.79. The molecule has 0 radical (unpaired) electrons. The third-order valence-electron chi connectivity index (χ3n) is 22.4. The topological polar surface area (TPSA) is 228 Å². The fourth-order valence-corrected chi connectivity index (χ4v) is 15.2. The predicted octanol–water partition coefficient (Wildman–Crippen LogP) is 22.8. The van der Waals surface area contributed by atoms with Crippen LogP contribution in [0.2, 0.25) is 0 Å². The van der Waals surface area contributed by atoms with E-state index in [-0.39, 0.29) is 18.9 Å². The molecule has 108 heavy (non-hydrogen) atoms. The second kappa shape index (κ2) is 77.0. The third-order valence-corrected chi connectivity index (χ3v) is 22.4. The molecule has 0 aromatic heterocycles. The predicted molar refractivity (Wildman–Crippen MR) is 452 cm³/mol. The molecule has 2 saturated heterocycles. The van der Waals surface area contributed by atoms with Gasteiger partial charge >= 0.3 is 0 Å². The zero-order valence-corrected chi connectivity index (χ0v) is 69.9. The first kappa shape index (κ1) is 102. The van der Waals surface area contributed by atoms with E-state index in [0.717, 1.165) is 70.6 Å². The van der Waals surface area contributed by atoms with Crippen LogP contribution in [0.1, 0.15) is 425 Å². The molecule has 12 unspecified atom stereocenters. The highest BCUT2D eigenvalue weighted by molar-refractivity contribution is 5.76. The monoisotopic (exact) mass is 1520 g/mol. The summed E-state index contributed by atoms with van der Waals surface area (Å²) < 4.78 is 23.0. The third kappa shape index (κ3) is 58.3. The van der Waals surface area contributed by atoms with Crippen LogP contribution in [0.3, 0.4) is 0 Å². The summed E-state index contributed by atoms with van der Waals surface area (Å²) in [6, 6.07) is -0.917. The van der Waals surface area contributed by atoms with E-state index in [9.17, 15) is 45.6 Å². The van der Waals surface area contributed by atoms with E-state index < -0.39 is 86.8 Å². The van der Waals surface area contributed by atoms with Gasteiger partial charge in [-0.1, -0.05) is 427 Å². The van der Waals surface area contributed by atoms with Crippen molar-refractivity contribution in [3.8, 4) is 0 Å². The van der Waals surface area contributed by atoms with Crippen LogP contribution in [0.5, 0.6) is 0 Å². The zero-order chi connectivity index (χ0) is 77.9. The number of amides is 1. The Kier molecular flexibility index (Phi) is 72.4. The Morgan fingerprint density at radius 2 is 0.639 bits per heavy atom. The number of carbonyl (C=O) groups excluding carboxylic acids is 1. The molecule has 12 atom stereocenters. The smallest absolute Gasteiger partial charge is 0.220 e. The average Bonchev–Trinajstić information content (AvgIpc) is 0.789. The van der Waals surface area contributed by atoms with Gasteiger partial charge in [-0.3, -0.25) is 4.79 Å². The van der Waals surface area contributed by atoms with Crippen LogP contribution in [-0.4, -0.2) is 140 Å². The minimum absolute atomic E-state index is 0.231. The lowest BCUT2D eigenvalue weighted by Gasteiger charge is -2.46. The minimum Gasteiger partial charge on any atom is -0.394 e. The maximum Gasteiger partial charge on any atom is 0.220 e. The number of nitrogens with one attached hydrogen (secondary N) is 1. The molecule has 14 heteroatoms. The number of unbranched alkanes of at least 4 members (excludes halogenated alkanes) is 56. The first-order valence-electron chi connectivity index (χ1n) is 46.2. The molecule has 0 aromatic rings. The molecular weight excluding hydrogens is 1350 g/mol. The van der Waals surface area contributed by atoms with Gasteiger partial charge in [-0.2, -0.15) is 0 Å². The fourth-order valence-electron chi connectivity index (χ4n) is 15.2. The van der Waals surface area contributed by atoms with Gasteiger partial charge < -0.3 is 65.1 Å². The first-order valence-corrected chi connectivity index (χ1v) is 46.2. The summed E-state index contributed by atoms with van der Waals surface area (Å²) in [6.07, 6.45) is 91.7. The Balaban J connectivity index is 1.55. The Labute approximate surface area is 663 Å². The van der Waals surface area contributed by atoms with Crippen LogP contribution in [0.4, 0.5) is 0 Å². The van der Waals surface area contributed by atoms with Gasteiger partial charge in [0.25, 0.3) is 0 Å². The second-order valence-corrected chi connectivity index (χ2v) is 32.4. The van der Waals surface area contributed by atoms with E-state index in [0.29, 0.717) is 6.42 Å². The van der Waals surface area contributed by atoms with Gasteiger partial charge in [-0.25, -0.2) is 0 Å². The number of ether oxygens (including phenoxy) is 4. The van der Waals surface area contributed by atoms with Crippen LogP contribution >= 0.6 is 0 Å². The average molecular weight is 1530 g/mol. The summed E-state index contributed by atoms with van der Waals surface area (Å²) in [4.78, 5) is 13.4. The zero-order valence-electron chi connectivity index (χ0n) is 69.9. The molecule has 0 aliphatic carbocycles. The van der Waals surface area contributed by atoms with Gasteiger partial charge in [0, 0.05) is 6.42 Å². The molecule has 2 heterocycles. The lowest BCUT2D eigenvalue weighted by Crippen LogP contribution is -2.65. The molecule has 632 valence electrons.